The Morgan fingerprint density at radius 2 is 0.948 bits per heavy atom. The van der Waals surface area contributed by atoms with Gasteiger partial charge in [0.05, 0.1) is 39.9 Å². The summed E-state index contributed by atoms with van der Waals surface area (Å²) in [6, 6.07) is -0.873. The summed E-state index contributed by atoms with van der Waals surface area (Å²) in [5.74, 6) is -0.200. The van der Waals surface area contributed by atoms with Crippen molar-refractivity contribution in [1.29, 1.82) is 0 Å². The Labute approximate surface area is 359 Å². The number of quaternary nitrogens is 1. The number of allylic oxidation sites excluding steroid dienone is 7. The van der Waals surface area contributed by atoms with Crippen molar-refractivity contribution >= 4 is 13.7 Å². The van der Waals surface area contributed by atoms with Crippen molar-refractivity contribution in [1.82, 2.24) is 5.32 Å². The molecular weight excluding hydrogens is 744 g/mol. The van der Waals surface area contributed by atoms with Crippen LogP contribution < -0.4 is 5.32 Å². The van der Waals surface area contributed by atoms with Crippen LogP contribution in [0.5, 0.6) is 0 Å². The number of hydrogen-bond donors (Lipinski definition) is 3. The summed E-state index contributed by atoms with van der Waals surface area (Å²) in [7, 11) is 1.54. The quantitative estimate of drug-likeness (QED) is 0.0244. The summed E-state index contributed by atoms with van der Waals surface area (Å²) >= 11 is 0. The van der Waals surface area contributed by atoms with Crippen molar-refractivity contribution in [2.24, 2.45) is 0 Å². The molecule has 0 fully saturated rings. The smallest absolute Gasteiger partial charge is 0.387 e. The second kappa shape index (κ2) is 40.8. The summed E-state index contributed by atoms with van der Waals surface area (Å²) in [6.07, 6.45) is 51.9. The van der Waals surface area contributed by atoms with E-state index in [0.717, 1.165) is 57.8 Å². The molecule has 0 saturated carbocycles. The Morgan fingerprint density at radius 1 is 0.569 bits per heavy atom. The summed E-state index contributed by atoms with van der Waals surface area (Å²) < 4.78 is 23.6. The molecule has 340 valence electrons. The summed E-state index contributed by atoms with van der Waals surface area (Å²) in [5.41, 5.74) is 0. The highest BCUT2D eigenvalue weighted by Gasteiger charge is 2.27. The Bertz CT molecular complexity index is 1090. The number of carbonyl (C=O) groups is 1. The van der Waals surface area contributed by atoms with Gasteiger partial charge in [0.2, 0.25) is 5.91 Å². The van der Waals surface area contributed by atoms with E-state index < -0.39 is 20.0 Å². The molecule has 0 heterocycles. The number of phosphoric ester groups is 1. The van der Waals surface area contributed by atoms with Crippen molar-refractivity contribution in [2.75, 3.05) is 40.9 Å². The molecule has 0 aromatic rings. The van der Waals surface area contributed by atoms with E-state index in [1.165, 1.54) is 128 Å². The second-order valence-corrected chi connectivity index (χ2v) is 18.9. The van der Waals surface area contributed by atoms with Crippen LogP contribution in [0.4, 0.5) is 0 Å². The molecule has 0 aromatic carbocycles. The van der Waals surface area contributed by atoms with Gasteiger partial charge in [-0.25, -0.2) is 4.57 Å². The van der Waals surface area contributed by atoms with Crippen molar-refractivity contribution in [3.05, 3.63) is 48.6 Å². The predicted molar refractivity (Wildman–Crippen MR) is 249 cm³/mol. The van der Waals surface area contributed by atoms with Crippen molar-refractivity contribution in [2.45, 2.75) is 219 Å². The van der Waals surface area contributed by atoms with E-state index in [0.29, 0.717) is 17.4 Å². The molecule has 3 atom stereocenters. The lowest BCUT2D eigenvalue weighted by Crippen LogP contribution is -2.45. The summed E-state index contributed by atoms with van der Waals surface area (Å²) in [6.45, 7) is 4.77. The number of likely N-dealkylation sites (N-methyl/N-ethyl adjacent to an activating group) is 1. The van der Waals surface area contributed by atoms with E-state index in [9.17, 15) is 19.4 Å². The lowest BCUT2D eigenvalue weighted by atomic mass is 10.1. The summed E-state index contributed by atoms with van der Waals surface area (Å²) in [4.78, 5) is 23.2. The Kier molecular flexibility index (Phi) is 39.8. The van der Waals surface area contributed by atoms with Crippen LogP contribution in [-0.4, -0.2) is 73.4 Å². The predicted octanol–water partition coefficient (Wildman–Crippen LogP) is 13.6. The lowest BCUT2D eigenvalue weighted by molar-refractivity contribution is -0.870. The van der Waals surface area contributed by atoms with Gasteiger partial charge >= 0.3 is 7.82 Å². The molecule has 0 bridgehead atoms. The average Bonchev–Trinajstić information content (AvgIpc) is 3.17. The molecule has 58 heavy (non-hydrogen) atoms. The third kappa shape index (κ3) is 42.6. The number of aliphatic hydroxyl groups is 1. The van der Waals surface area contributed by atoms with Crippen LogP contribution in [-0.2, 0) is 18.4 Å². The van der Waals surface area contributed by atoms with Gasteiger partial charge in [0.1, 0.15) is 13.2 Å². The van der Waals surface area contributed by atoms with Crippen LogP contribution in [0.15, 0.2) is 48.6 Å². The monoisotopic (exact) mass is 838 g/mol. The van der Waals surface area contributed by atoms with Crippen LogP contribution >= 0.6 is 7.82 Å². The van der Waals surface area contributed by atoms with Crippen LogP contribution in [0.1, 0.15) is 206 Å². The van der Waals surface area contributed by atoms with E-state index in [-0.39, 0.29) is 19.1 Å². The summed E-state index contributed by atoms with van der Waals surface area (Å²) in [5, 5.41) is 13.8. The van der Waals surface area contributed by atoms with Gasteiger partial charge in [-0.3, -0.25) is 13.8 Å². The van der Waals surface area contributed by atoms with Crippen LogP contribution in [0, 0.1) is 0 Å². The molecule has 0 aliphatic rings. The SMILES string of the molecule is CCCCCCCCCC/C=C/CC/C=C/CC/C=C/C(O)C(COP(=O)(O)OCC[N+](C)(C)C)NC(=O)CCCCCCC/C=C\CCCCCCCCCCC. The number of amides is 1. The Hall–Kier alpha value is -1.54. The number of aliphatic hydroxyl groups excluding tert-OH is 1. The van der Waals surface area contributed by atoms with Gasteiger partial charge in [-0.2, -0.15) is 0 Å². The minimum absolute atomic E-state index is 0.0511. The fourth-order valence-corrected chi connectivity index (χ4v) is 7.39. The number of phosphoric acid groups is 1. The molecule has 3 N–H and O–H groups in total. The number of nitrogens with zero attached hydrogens (tertiary/aromatic N) is 1. The normalized spacial score (nSPS) is 14.7. The molecule has 0 radical (unpaired) electrons. The van der Waals surface area contributed by atoms with E-state index in [1.807, 2.05) is 27.2 Å². The molecule has 3 unspecified atom stereocenters. The molecule has 0 aliphatic carbocycles. The molecule has 0 rings (SSSR count). The standard InChI is InChI=1S/C49H93N2O6P/c1-6-8-10-12-14-16-18-20-22-24-26-28-30-32-34-36-38-40-42-48(52)47(46-57-58(54,55)56-45-44-51(3,4)5)50-49(53)43-41-39-37-35-33-31-29-27-25-23-21-19-17-15-13-11-9-7-2/h24,26-27,29,32,34,40,42,47-48,52H,6-23,25,28,30-31,33,35-39,41,43-46H2,1-5H3,(H-,50,53,54,55)/p+1/b26-24+,29-27-,34-32+,42-40+. The van der Waals surface area contributed by atoms with Gasteiger partial charge in [-0.1, -0.05) is 178 Å². The third-order valence-electron chi connectivity index (χ3n) is 10.5. The minimum atomic E-state index is -4.35. The van der Waals surface area contributed by atoms with E-state index >= 15 is 0 Å². The topological polar surface area (TPSA) is 105 Å². The van der Waals surface area contributed by atoms with Gasteiger partial charge in [-0.05, 0) is 70.6 Å². The Morgan fingerprint density at radius 3 is 1.38 bits per heavy atom. The molecule has 0 aromatic heterocycles. The van der Waals surface area contributed by atoms with Gasteiger partial charge in [0, 0.05) is 6.42 Å². The number of hydrogen-bond acceptors (Lipinski definition) is 5. The molecular formula is C49H94N2O6P+. The van der Waals surface area contributed by atoms with Gasteiger partial charge < -0.3 is 19.8 Å². The minimum Gasteiger partial charge on any atom is -0.387 e. The van der Waals surface area contributed by atoms with Crippen molar-refractivity contribution in [3.8, 4) is 0 Å². The number of unbranched alkanes of at least 4 members (excludes halogenated alkanes) is 24. The molecule has 0 aliphatic heterocycles. The zero-order chi connectivity index (χ0) is 42.8. The third-order valence-corrected chi connectivity index (χ3v) is 11.5. The number of carbonyl (C=O) groups excluding carboxylic acids is 1. The molecule has 0 saturated heterocycles. The maximum absolute atomic E-state index is 12.9. The second-order valence-electron chi connectivity index (χ2n) is 17.5. The van der Waals surface area contributed by atoms with Gasteiger partial charge in [0.15, 0.2) is 0 Å². The zero-order valence-corrected chi connectivity index (χ0v) is 39.4. The van der Waals surface area contributed by atoms with Gasteiger partial charge in [-0.15, -0.1) is 0 Å². The zero-order valence-electron chi connectivity index (χ0n) is 38.5. The number of nitrogens with one attached hydrogen (secondary N) is 1. The first-order chi connectivity index (χ1) is 28.0. The van der Waals surface area contributed by atoms with Gasteiger partial charge in [0.25, 0.3) is 0 Å². The number of rotatable bonds is 43. The average molecular weight is 838 g/mol. The fourth-order valence-electron chi connectivity index (χ4n) is 6.66. The van der Waals surface area contributed by atoms with E-state index in [2.05, 4.69) is 55.6 Å². The molecule has 0 spiro atoms. The molecule has 1 amide bonds. The first-order valence-corrected chi connectivity index (χ1v) is 25.5. The first kappa shape index (κ1) is 56.5. The molecule has 9 heteroatoms. The first-order valence-electron chi connectivity index (χ1n) is 24.0. The van der Waals surface area contributed by atoms with Crippen LogP contribution in [0.2, 0.25) is 0 Å². The van der Waals surface area contributed by atoms with Crippen molar-refractivity contribution in [3.63, 3.8) is 0 Å². The fraction of sp³-hybridized carbons (Fsp3) is 0.816. The highest BCUT2D eigenvalue weighted by Crippen LogP contribution is 2.43. The molecule has 8 nitrogen and oxygen atoms in total. The maximum atomic E-state index is 12.9. The maximum Gasteiger partial charge on any atom is 0.472 e. The van der Waals surface area contributed by atoms with Crippen LogP contribution in [0.3, 0.4) is 0 Å². The van der Waals surface area contributed by atoms with Crippen molar-refractivity contribution < 1.29 is 32.9 Å². The lowest BCUT2D eigenvalue weighted by Gasteiger charge is -2.25. The highest BCUT2D eigenvalue weighted by molar-refractivity contribution is 7.47. The highest BCUT2D eigenvalue weighted by atomic mass is 31.2. The largest absolute Gasteiger partial charge is 0.472 e. The Balaban J connectivity index is 4.47. The van der Waals surface area contributed by atoms with Crippen LogP contribution in [0.25, 0.3) is 0 Å². The van der Waals surface area contributed by atoms with E-state index in [1.54, 1.807) is 6.08 Å². The van der Waals surface area contributed by atoms with E-state index in [4.69, 9.17) is 9.05 Å².